The molecule has 2 atom stereocenters. The highest BCUT2D eigenvalue weighted by atomic mass is 19.4. The smallest absolute Gasteiger partial charge is 0.481 e. The quantitative estimate of drug-likeness (QED) is 0.705. The predicted octanol–water partition coefficient (Wildman–Crippen LogP) is 2.68. The first-order valence-electron chi connectivity index (χ1n) is 8.12. The van der Waals surface area contributed by atoms with E-state index in [0.717, 1.165) is 31.5 Å². The van der Waals surface area contributed by atoms with Crippen LogP contribution in [0.1, 0.15) is 37.4 Å². The van der Waals surface area contributed by atoms with Crippen LogP contribution in [0.2, 0.25) is 0 Å². The van der Waals surface area contributed by atoms with Crippen molar-refractivity contribution in [1.29, 1.82) is 0 Å². The third-order valence-electron chi connectivity index (χ3n) is 4.00. The number of carboxylic acids is 2. The van der Waals surface area contributed by atoms with Gasteiger partial charge in [-0.1, -0.05) is 30.3 Å². The van der Waals surface area contributed by atoms with E-state index in [9.17, 15) is 23.1 Å². The van der Waals surface area contributed by atoms with Gasteiger partial charge < -0.3 is 15.3 Å². The molecule has 146 valence electrons. The number of aliphatic hydroxyl groups excluding tert-OH is 1. The van der Waals surface area contributed by atoms with Crippen molar-refractivity contribution in [3.05, 3.63) is 35.9 Å². The molecule has 2 rings (SSSR count). The summed E-state index contributed by atoms with van der Waals surface area (Å²) in [6, 6.07) is 9.81. The number of carbonyl (C=O) groups is 2. The van der Waals surface area contributed by atoms with Gasteiger partial charge in [-0.2, -0.15) is 13.2 Å². The van der Waals surface area contributed by atoms with E-state index in [-0.39, 0.29) is 12.5 Å². The monoisotopic (exact) mass is 377 g/mol. The van der Waals surface area contributed by atoms with Crippen molar-refractivity contribution in [2.45, 2.75) is 44.0 Å². The molecule has 0 radical (unpaired) electrons. The maximum absolute atomic E-state index is 10.6. The summed E-state index contributed by atoms with van der Waals surface area (Å²) in [4.78, 5) is 21.7. The maximum atomic E-state index is 10.6. The Hall–Kier alpha value is -2.13. The van der Waals surface area contributed by atoms with Crippen LogP contribution in [0.5, 0.6) is 0 Å². The van der Waals surface area contributed by atoms with E-state index in [1.54, 1.807) is 0 Å². The standard InChI is InChI=1S/C15H21NO3.C2HF3O2/c17-14(18)9-5-11-16-10-4-8-13(16)15(19)12-6-2-1-3-7-12;3-2(4,5)1(6)7/h1-3,6-7,13,15,19H,4-5,8-11H2,(H,17,18);(H,6,7). The molecule has 1 aromatic rings. The zero-order valence-electron chi connectivity index (χ0n) is 14.0. The Morgan fingerprint density at radius 2 is 1.77 bits per heavy atom. The molecule has 0 saturated carbocycles. The lowest BCUT2D eigenvalue weighted by atomic mass is 10.0. The Morgan fingerprint density at radius 1 is 1.19 bits per heavy atom. The molecule has 2 unspecified atom stereocenters. The van der Waals surface area contributed by atoms with Gasteiger partial charge in [0.1, 0.15) is 0 Å². The van der Waals surface area contributed by atoms with Gasteiger partial charge in [-0.05, 0) is 37.9 Å². The molecule has 1 aliphatic heterocycles. The highest BCUT2D eigenvalue weighted by Gasteiger charge is 2.38. The first kappa shape index (κ1) is 21.9. The van der Waals surface area contributed by atoms with Gasteiger partial charge in [-0.15, -0.1) is 0 Å². The molecule has 0 aliphatic carbocycles. The van der Waals surface area contributed by atoms with Crippen LogP contribution in [-0.2, 0) is 9.59 Å². The zero-order chi connectivity index (χ0) is 19.7. The van der Waals surface area contributed by atoms with Crippen LogP contribution in [0.15, 0.2) is 30.3 Å². The number of likely N-dealkylation sites (tertiary alicyclic amines) is 1. The summed E-state index contributed by atoms with van der Waals surface area (Å²) in [5.74, 6) is -3.51. The molecule has 26 heavy (non-hydrogen) atoms. The van der Waals surface area contributed by atoms with Crippen molar-refractivity contribution in [3.63, 3.8) is 0 Å². The number of alkyl halides is 3. The van der Waals surface area contributed by atoms with E-state index in [1.165, 1.54) is 0 Å². The average Bonchev–Trinajstić information content (AvgIpc) is 3.03. The molecule has 1 aromatic carbocycles. The lowest BCUT2D eigenvalue weighted by Gasteiger charge is -2.28. The Kier molecular flexibility index (Phi) is 8.53. The van der Waals surface area contributed by atoms with Gasteiger partial charge in [0.15, 0.2) is 0 Å². The predicted molar refractivity (Wildman–Crippen MR) is 86.6 cm³/mol. The van der Waals surface area contributed by atoms with Crippen LogP contribution < -0.4 is 0 Å². The maximum Gasteiger partial charge on any atom is 0.490 e. The molecule has 1 fully saturated rings. The van der Waals surface area contributed by atoms with Crippen LogP contribution >= 0.6 is 0 Å². The van der Waals surface area contributed by atoms with Crippen LogP contribution in [-0.4, -0.2) is 57.5 Å². The van der Waals surface area contributed by atoms with E-state index in [4.69, 9.17) is 15.0 Å². The Bertz CT molecular complexity index is 580. The molecule has 1 saturated heterocycles. The van der Waals surface area contributed by atoms with Crippen molar-refractivity contribution in [1.82, 2.24) is 4.90 Å². The van der Waals surface area contributed by atoms with Gasteiger partial charge in [0.2, 0.25) is 0 Å². The molecule has 3 N–H and O–H groups in total. The molecule has 1 aliphatic rings. The number of carboxylic acid groups (broad SMARTS) is 2. The van der Waals surface area contributed by atoms with Gasteiger partial charge >= 0.3 is 18.1 Å². The van der Waals surface area contributed by atoms with Crippen molar-refractivity contribution in [2.75, 3.05) is 13.1 Å². The summed E-state index contributed by atoms with van der Waals surface area (Å²) in [6.45, 7) is 1.70. The third kappa shape index (κ3) is 7.40. The molecular formula is C17H22F3NO5. The van der Waals surface area contributed by atoms with E-state index < -0.39 is 24.2 Å². The van der Waals surface area contributed by atoms with Crippen molar-refractivity contribution in [3.8, 4) is 0 Å². The second kappa shape index (κ2) is 10.1. The molecule has 0 bridgehead atoms. The van der Waals surface area contributed by atoms with Gasteiger partial charge in [0, 0.05) is 12.5 Å². The van der Waals surface area contributed by atoms with Gasteiger partial charge in [-0.3, -0.25) is 9.69 Å². The molecule has 0 spiro atoms. The fourth-order valence-electron chi connectivity index (χ4n) is 2.79. The molecule has 0 amide bonds. The van der Waals surface area contributed by atoms with Crippen molar-refractivity contribution < 1.29 is 38.1 Å². The summed E-state index contributed by atoms with van der Waals surface area (Å²) in [5, 5.41) is 26.2. The highest BCUT2D eigenvalue weighted by molar-refractivity contribution is 5.73. The fraction of sp³-hybridized carbons (Fsp3) is 0.529. The van der Waals surface area contributed by atoms with Crippen molar-refractivity contribution in [2.24, 2.45) is 0 Å². The topological polar surface area (TPSA) is 98.1 Å². The Labute approximate surface area is 148 Å². The Morgan fingerprint density at radius 3 is 2.27 bits per heavy atom. The average molecular weight is 377 g/mol. The van der Waals surface area contributed by atoms with E-state index in [1.807, 2.05) is 30.3 Å². The minimum absolute atomic E-state index is 0.121. The van der Waals surface area contributed by atoms with Crippen LogP contribution in [0, 0.1) is 0 Å². The lowest BCUT2D eigenvalue weighted by molar-refractivity contribution is -0.192. The summed E-state index contributed by atoms with van der Waals surface area (Å²) >= 11 is 0. The Balaban J connectivity index is 0.000000412. The minimum atomic E-state index is -5.08. The van der Waals surface area contributed by atoms with Crippen LogP contribution in [0.4, 0.5) is 13.2 Å². The summed E-state index contributed by atoms with van der Waals surface area (Å²) in [6.07, 6.45) is -2.67. The number of nitrogens with zero attached hydrogens (tertiary/aromatic N) is 1. The minimum Gasteiger partial charge on any atom is -0.481 e. The number of rotatable bonds is 6. The van der Waals surface area contributed by atoms with Gasteiger partial charge in [0.25, 0.3) is 0 Å². The van der Waals surface area contributed by atoms with E-state index in [0.29, 0.717) is 6.42 Å². The summed E-state index contributed by atoms with van der Waals surface area (Å²) in [7, 11) is 0. The molecule has 1 heterocycles. The number of hydrogen-bond donors (Lipinski definition) is 3. The van der Waals surface area contributed by atoms with Crippen molar-refractivity contribution >= 4 is 11.9 Å². The van der Waals surface area contributed by atoms with E-state index >= 15 is 0 Å². The lowest BCUT2D eigenvalue weighted by Crippen LogP contribution is -2.35. The zero-order valence-corrected chi connectivity index (χ0v) is 14.0. The second-order valence-electron chi connectivity index (χ2n) is 5.90. The fourth-order valence-corrected chi connectivity index (χ4v) is 2.79. The molecule has 9 heteroatoms. The normalized spacial score (nSPS) is 18.7. The SMILES string of the molecule is O=C(O)C(F)(F)F.O=C(O)CCCN1CCCC1C(O)c1ccccc1. The molecule has 6 nitrogen and oxygen atoms in total. The molecular weight excluding hydrogens is 355 g/mol. The highest BCUT2D eigenvalue weighted by Crippen LogP contribution is 2.29. The summed E-state index contributed by atoms with van der Waals surface area (Å²) < 4.78 is 31.7. The number of benzene rings is 1. The number of hydrogen-bond acceptors (Lipinski definition) is 4. The number of halogens is 3. The number of aliphatic carboxylic acids is 2. The first-order chi connectivity index (χ1) is 12.1. The van der Waals surface area contributed by atoms with Gasteiger partial charge in [0.05, 0.1) is 6.10 Å². The third-order valence-corrected chi connectivity index (χ3v) is 4.00. The first-order valence-corrected chi connectivity index (χ1v) is 8.12. The largest absolute Gasteiger partial charge is 0.490 e. The van der Waals surface area contributed by atoms with Gasteiger partial charge in [-0.25, -0.2) is 4.79 Å². The summed E-state index contributed by atoms with van der Waals surface area (Å²) in [5.41, 5.74) is 0.942. The van der Waals surface area contributed by atoms with Crippen LogP contribution in [0.25, 0.3) is 0 Å². The number of aliphatic hydroxyl groups is 1. The second-order valence-corrected chi connectivity index (χ2v) is 5.90. The molecule has 0 aromatic heterocycles. The van der Waals surface area contributed by atoms with E-state index in [2.05, 4.69) is 4.90 Å². The van der Waals surface area contributed by atoms with Crippen LogP contribution in [0.3, 0.4) is 0 Å².